The van der Waals surface area contributed by atoms with Crippen molar-refractivity contribution < 1.29 is 4.74 Å². The number of anilines is 1. The van der Waals surface area contributed by atoms with Gasteiger partial charge in [-0.2, -0.15) is 0 Å². The van der Waals surface area contributed by atoms with Crippen LogP contribution in [0.15, 0.2) is 18.2 Å². The Hall–Kier alpha value is -1.22. The molecule has 1 atom stereocenters. The maximum absolute atomic E-state index is 6.14. The first-order chi connectivity index (χ1) is 9.11. The number of rotatable bonds is 5. The maximum Gasteiger partial charge on any atom is 0.143 e. The van der Waals surface area contributed by atoms with E-state index in [1.54, 1.807) is 0 Å². The van der Waals surface area contributed by atoms with E-state index in [1.807, 2.05) is 0 Å². The molecule has 1 aliphatic rings. The standard InChI is InChI=1S/C16H26N2O/c1-12(2)16-11-18(9-5-4-8-17)14-7-6-13(3)10-15(14)19-16/h6-7,10,12,16H,4-5,8-9,11,17H2,1-3H3. The summed E-state index contributed by atoms with van der Waals surface area (Å²) in [5.74, 6) is 1.57. The van der Waals surface area contributed by atoms with Gasteiger partial charge in [0.25, 0.3) is 0 Å². The quantitative estimate of drug-likeness (QED) is 0.829. The Morgan fingerprint density at radius 3 is 2.84 bits per heavy atom. The zero-order valence-electron chi connectivity index (χ0n) is 12.4. The normalized spacial score (nSPS) is 18.4. The average Bonchev–Trinajstić information content (AvgIpc) is 2.38. The fourth-order valence-corrected chi connectivity index (χ4v) is 2.50. The largest absolute Gasteiger partial charge is 0.486 e. The number of aryl methyl sites for hydroxylation is 1. The minimum Gasteiger partial charge on any atom is -0.486 e. The summed E-state index contributed by atoms with van der Waals surface area (Å²) in [6, 6.07) is 6.50. The van der Waals surface area contributed by atoms with Gasteiger partial charge in [-0.3, -0.25) is 0 Å². The molecule has 0 radical (unpaired) electrons. The van der Waals surface area contributed by atoms with Crippen molar-refractivity contribution in [1.29, 1.82) is 0 Å². The minimum atomic E-state index is 0.284. The molecule has 0 amide bonds. The molecule has 0 aliphatic carbocycles. The predicted octanol–water partition coefficient (Wildman–Crippen LogP) is 2.96. The van der Waals surface area contributed by atoms with E-state index >= 15 is 0 Å². The van der Waals surface area contributed by atoms with Crippen molar-refractivity contribution in [3.05, 3.63) is 23.8 Å². The van der Waals surface area contributed by atoms with Gasteiger partial charge in [0.15, 0.2) is 0 Å². The lowest BCUT2D eigenvalue weighted by molar-refractivity contribution is 0.145. The molecule has 0 saturated carbocycles. The van der Waals surface area contributed by atoms with E-state index in [2.05, 4.69) is 43.9 Å². The molecular formula is C16H26N2O. The number of hydrogen-bond acceptors (Lipinski definition) is 3. The van der Waals surface area contributed by atoms with E-state index in [1.165, 1.54) is 11.3 Å². The summed E-state index contributed by atoms with van der Waals surface area (Å²) in [5.41, 5.74) is 8.08. The van der Waals surface area contributed by atoms with Crippen molar-refractivity contribution in [3.8, 4) is 5.75 Å². The van der Waals surface area contributed by atoms with Gasteiger partial charge < -0.3 is 15.4 Å². The Morgan fingerprint density at radius 1 is 1.37 bits per heavy atom. The molecule has 106 valence electrons. The topological polar surface area (TPSA) is 38.5 Å². The first kappa shape index (κ1) is 14.2. The fraction of sp³-hybridized carbons (Fsp3) is 0.625. The molecule has 0 fully saturated rings. The van der Waals surface area contributed by atoms with Gasteiger partial charge in [-0.05, 0) is 49.9 Å². The third kappa shape index (κ3) is 3.41. The highest BCUT2D eigenvalue weighted by Crippen LogP contribution is 2.35. The first-order valence-electron chi connectivity index (χ1n) is 7.34. The van der Waals surface area contributed by atoms with Gasteiger partial charge >= 0.3 is 0 Å². The molecular weight excluding hydrogens is 236 g/mol. The summed E-state index contributed by atoms with van der Waals surface area (Å²) in [6.07, 6.45) is 2.52. The Bertz CT molecular complexity index is 417. The summed E-state index contributed by atoms with van der Waals surface area (Å²) in [7, 11) is 0. The van der Waals surface area contributed by atoms with Crippen LogP contribution in [0.2, 0.25) is 0 Å². The Balaban J connectivity index is 2.17. The molecule has 2 N–H and O–H groups in total. The lowest BCUT2D eigenvalue weighted by atomic mass is 10.0. The summed E-state index contributed by atoms with van der Waals surface area (Å²) in [4.78, 5) is 2.46. The molecule has 1 aliphatic heterocycles. The summed E-state index contributed by atoms with van der Waals surface area (Å²) in [6.45, 7) is 9.39. The number of hydrogen-bond donors (Lipinski definition) is 1. The number of unbranched alkanes of at least 4 members (excludes halogenated alkanes) is 1. The minimum absolute atomic E-state index is 0.284. The molecule has 2 rings (SSSR count). The molecule has 3 heteroatoms. The van der Waals surface area contributed by atoms with Crippen molar-refractivity contribution >= 4 is 5.69 Å². The number of nitrogens with two attached hydrogens (primary N) is 1. The van der Waals surface area contributed by atoms with Crippen LogP contribution in [0.4, 0.5) is 5.69 Å². The Kier molecular flexibility index (Phi) is 4.70. The molecule has 1 aromatic carbocycles. The maximum atomic E-state index is 6.14. The van der Waals surface area contributed by atoms with Crippen LogP contribution in [0.5, 0.6) is 5.75 Å². The van der Waals surface area contributed by atoms with E-state index in [4.69, 9.17) is 10.5 Å². The zero-order chi connectivity index (χ0) is 13.8. The number of benzene rings is 1. The summed E-state index contributed by atoms with van der Waals surface area (Å²) >= 11 is 0. The van der Waals surface area contributed by atoms with Crippen molar-refractivity contribution in [2.75, 3.05) is 24.5 Å². The monoisotopic (exact) mass is 262 g/mol. The van der Waals surface area contributed by atoms with Gasteiger partial charge in [0.2, 0.25) is 0 Å². The van der Waals surface area contributed by atoms with Crippen LogP contribution in [-0.2, 0) is 0 Å². The van der Waals surface area contributed by atoms with Crippen LogP contribution in [0.3, 0.4) is 0 Å². The molecule has 1 unspecified atom stereocenters. The van der Waals surface area contributed by atoms with Crippen molar-refractivity contribution in [1.82, 2.24) is 0 Å². The van der Waals surface area contributed by atoms with E-state index in [-0.39, 0.29) is 6.10 Å². The van der Waals surface area contributed by atoms with Crippen LogP contribution in [0.1, 0.15) is 32.3 Å². The smallest absolute Gasteiger partial charge is 0.143 e. The molecule has 1 heterocycles. The average molecular weight is 262 g/mol. The summed E-state index contributed by atoms with van der Waals surface area (Å²) < 4.78 is 6.14. The summed E-state index contributed by atoms with van der Waals surface area (Å²) in [5, 5.41) is 0. The van der Waals surface area contributed by atoms with Crippen molar-refractivity contribution in [2.45, 2.75) is 39.7 Å². The van der Waals surface area contributed by atoms with Crippen LogP contribution in [0, 0.1) is 12.8 Å². The fourth-order valence-electron chi connectivity index (χ4n) is 2.50. The molecule has 0 aromatic heterocycles. The third-order valence-corrected chi connectivity index (χ3v) is 3.76. The lowest BCUT2D eigenvalue weighted by Gasteiger charge is -2.38. The molecule has 0 bridgehead atoms. The van der Waals surface area contributed by atoms with E-state index in [0.29, 0.717) is 5.92 Å². The predicted molar refractivity (Wildman–Crippen MR) is 80.9 cm³/mol. The van der Waals surface area contributed by atoms with Crippen LogP contribution < -0.4 is 15.4 Å². The number of fused-ring (bicyclic) bond motifs is 1. The molecule has 0 spiro atoms. The van der Waals surface area contributed by atoms with Gasteiger partial charge in [-0.15, -0.1) is 0 Å². The van der Waals surface area contributed by atoms with Gasteiger partial charge in [-0.1, -0.05) is 19.9 Å². The molecule has 19 heavy (non-hydrogen) atoms. The molecule has 1 aromatic rings. The van der Waals surface area contributed by atoms with E-state index < -0.39 is 0 Å². The van der Waals surface area contributed by atoms with Gasteiger partial charge in [0.05, 0.1) is 12.2 Å². The second-order valence-electron chi connectivity index (χ2n) is 5.81. The van der Waals surface area contributed by atoms with Crippen LogP contribution >= 0.6 is 0 Å². The Morgan fingerprint density at radius 2 is 2.16 bits per heavy atom. The number of ether oxygens (including phenoxy) is 1. The molecule has 3 nitrogen and oxygen atoms in total. The van der Waals surface area contributed by atoms with E-state index in [9.17, 15) is 0 Å². The second kappa shape index (κ2) is 6.29. The zero-order valence-corrected chi connectivity index (χ0v) is 12.4. The third-order valence-electron chi connectivity index (χ3n) is 3.76. The van der Waals surface area contributed by atoms with Gasteiger partial charge in [-0.25, -0.2) is 0 Å². The lowest BCUT2D eigenvalue weighted by Crippen LogP contribution is -2.43. The highest BCUT2D eigenvalue weighted by atomic mass is 16.5. The van der Waals surface area contributed by atoms with Gasteiger partial charge in [0, 0.05) is 6.54 Å². The highest BCUT2D eigenvalue weighted by Gasteiger charge is 2.27. The second-order valence-corrected chi connectivity index (χ2v) is 5.81. The van der Waals surface area contributed by atoms with Crippen LogP contribution in [-0.4, -0.2) is 25.7 Å². The van der Waals surface area contributed by atoms with Crippen molar-refractivity contribution in [3.63, 3.8) is 0 Å². The number of nitrogens with zero attached hydrogens (tertiary/aromatic N) is 1. The SMILES string of the molecule is Cc1ccc2c(c1)OC(C(C)C)CN2CCCCN. The molecule has 0 saturated heterocycles. The van der Waals surface area contributed by atoms with Crippen molar-refractivity contribution in [2.24, 2.45) is 11.7 Å². The van der Waals surface area contributed by atoms with Gasteiger partial charge in [0.1, 0.15) is 11.9 Å². The highest BCUT2D eigenvalue weighted by molar-refractivity contribution is 5.61. The van der Waals surface area contributed by atoms with Crippen LogP contribution in [0.25, 0.3) is 0 Å². The first-order valence-corrected chi connectivity index (χ1v) is 7.34. The van der Waals surface area contributed by atoms with E-state index in [0.717, 1.165) is 38.2 Å². The Labute approximate surface area is 116 Å².